The van der Waals surface area contributed by atoms with Gasteiger partial charge in [-0.15, -0.1) is 0 Å². The van der Waals surface area contributed by atoms with Crippen molar-refractivity contribution >= 4 is 17.4 Å². The first-order valence-electron chi connectivity index (χ1n) is 8.57. The Balaban J connectivity index is 1.45. The third-order valence-corrected chi connectivity index (χ3v) is 5.00. The first-order valence-corrected chi connectivity index (χ1v) is 8.95. The van der Waals surface area contributed by atoms with Crippen molar-refractivity contribution in [1.82, 2.24) is 19.5 Å². The molecule has 0 spiro atoms. The molecule has 6 heteroatoms. The van der Waals surface area contributed by atoms with E-state index in [0.717, 1.165) is 54.8 Å². The molecule has 0 N–H and O–H groups in total. The second kappa shape index (κ2) is 7.23. The molecule has 128 valence electrons. The predicted octanol–water partition coefficient (Wildman–Crippen LogP) is 3.76. The normalized spacial score (nSPS) is 15.5. The van der Waals surface area contributed by atoms with Crippen molar-refractivity contribution < 1.29 is 0 Å². The lowest BCUT2D eigenvalue weighted by molar-refractivity contribution is 0.468. The quantitative estimate of drug-likeness (QED) is 0.716. The molecule has 4 heterocycles. The molecule has 25 heavy (non-hydrogen) atoms. The maximum atomic E-state index is 6.28. The summed E-state index contributed by atoms with van der Waals surface area (Å²) in [7, 11) is 0. The van der Waals surface area contributed by atoms with E-state index in [1.807, 2.05) is 42.9 Å². The Labute approximate surface area is 152 Å². The van der Waals surface area contributed by atoms with Gasteiger partial charge < -0.3 is 9.47 Å². The third kappa shape index (κ3) is 3.51. The topological polar surface area (TPSA) is 46.8 Å². The summed E-state index contributed by atoms with van der Waals surface area (Å²) in [5.41, 5.74) is 1.06. The SMILES string of the molecule is Clc1cccnc1N1CCC(c2nccn2Cc2ccccn2)CC1. The molecule has 0 atom stereocenters. The first-order chi connectivity index (χ1) is 12.3. The lowest BCUT2D eigenvalue weighted by atomic mass is 9.96. The van der Waals surface area contributed by atoms with Crippen molar-refractivity contribution in [2.45, 2.75) is 25.3 Å². The summed E-state index contributed by atoms with van der Waals surface area (Å²) >= 11 is 6.28. The van der Waals surface area contributed by atoms with Gasteiger partial charge in [-0.2, -0.15) is 0 Å². The summed E-state index contributed by atoms with van der Waals surface area (Å²) in [4.78, 5) is 15.7. The van der Waals surface area contributed by atoms with Crippen LogP contribution in [0.3, 0.4) is 0 Å². The molecule has 0 aliphatic carbocycles. The Kier molecular flexibility index (Phi) is 4.65. The Hall–Kier alpha value is -2.40. The summed E-state index contributed by atoms with van der Waals surface area (Å²) < 4.78 is 2.22. The van der Waals surface area contributed by atoms with Crippen LogP contribution in [0, 0.1) is 0 Å². The summed E-state index contributed by atoms with van der Waals surface area (Å²) in [5, 5.41) is 0.720. The minimum absolute atomic E-state index is 0.456. The Morgan fingerprint density at radius 1 is 0.960 bits per heavy atom. The lowest BCUT2D eigenvalue weighted by Gasteiger charge is -2.33. The Morgan fingerprint density at radius 3 is 2.56 bits per heavy atom. The predicted molar refractivity (Wildman–Crippen MR) is 99.0 cm³/mol. The smallest absolute Gasteiger partial charge is 0.147 e. The fourth-order valence-electron chi connectivity index (χ4n) is 3.44. The zero-order chi connectivity index (χ0) is 17.1. The van der Waals surface area contributed by atoms with Crippen molar-refractivity contribution in [3.8, 4) is 0 Å². The molecular formula is C19H20ClN5. The van der Waals surface area contributed by atoms with Gasteiger partial charge in [0.15, 0.2) is 0 Å². The van der Waals surface area contributed by atoms with Crippen LogP contribution >= 0.6 is 11.6 Å². The molecule has 1 fully saturated rings. The van der Waals surface area contributed by atoms with E-state index in [0.29, 0.717) is 5.92 Å². The lowest BCUT2D eigenvalue weighted by Crippen LogP contribution is -2.34. The van der Waals surface area contributed by atoms with Crippen LogP contribution in [0.4, 0.5) is 5.82 Å². The minimum atomic E-state index is 0.456. The number of imidazole rings is 1. The fourth-order valence-corrected chi connectivity index (χ4v) is 3.68. The summed E-state index contributed by atoms with van der Waals surface area (Å²) in [6.45, 7) is 2.65. The van der Waals surface area contributed by atoms with Gasteiger partial charge in [0, 0.05) is 43.8 Å². The zero-order valence-electron chi connectivity index (χ0n) is 13.9. The average Bonchev–Trinajstić information content (AvgIpc) is 3.11. The van der Waals surface area contributed by atoms with Gasteiger partial charge >= 0.3 is 0 Å². The van der Waals surface area contributed by atoms with Crippen molar-refractivity contribution in [2.75, 3.05) is 18.0 Å². The molecule has 5 nitrogen and oxygen atoms in total. The number of hydrogen-bond acceptors (Lipinski definition) is 4. The minimum Gasteiger partial charge on any atom is -0.355 e. The highest BCUT2D eigenvalue weighted by molar-refractivity contribution is 6.32. The second-order valence-corrected chi connectivity index (χ2v) is 6.71. The Bertz CT molecular complexity index is 825. The molecule has 0 amide bonds. The summed E-state index contributed by atoms with van der Waals surface area (Å²) in [6, 6.07) is 9.78. The highest BCUT2D eigenvalue weighted by Gasteiger charge is 2.25. The van der Waals surface area contributed by atoms with Gasteiger partial charge in [0.05, 0.1) is 17.3 Å². The molecule has 0 radical (unpaired) electrons. The molecule has 1 aliphatic heterocycles. The van der Waals surface area contributed by atoms with Gasteiger partial charge in [-0.1, -0.05) is 17.7 Å². The summed E-state index contributed by atoms with van der Waals surface area (Å²) in [5.74, 6) is 2.49. The zero-order valence-corrected chi connectivity index (χ0v) is 14.7. The van der Waals surface area contributed by atoms with Crippen LogP contribution in [0.1, 0.15) is 30.3 Å². The van der Waals surface area contributed by atoms with E-state index in [2.05, 4.69) is 30.5 Å². The molecular weight excluding hydrogens is 334 g/mol. The van der Waals surface area contributed by atoms with Gasteiger partial charge in [-0.05, 0) is 37.1 Å². The van der Waals surface area contributed by atoms with Gasteiger partial charge in [0.1, 0.15) is 11.6 Å². The van der Waals surface area contributed by atoms with E-state index >= 15 is 0 Å². The molecule has 3 aromatic heterocycles. The molecule has 0 aromatic carbocycles. The second-order valence-electron chi connectivity index (χ2n) is 6.30. The van der Waals surface area contributed by atoms with Gasteiger partial charge in [0.2, 0.25) is 0 Å². The van der Waals surface area contributed by atoms with Gasteiger partial charge in [-0.25, -0.2) is 9.97 Å². The van der Waals surface area contributed by atoms with Crippen molar-refractivity contribution in [1.29, 1.82) is 0 Å². The van der Waals surface area contributed by atoms with Crippen molar-refractivity contribution in [2.24, 2.45) is 0 Å². The number of pyridine rings is 2. The highest BCUT2D eigenvalue weighted by Crippen LogP contribution is 2.31. The van der Waals surface area contributed by atoms with E-state index in [-0.39, 0.29) is 0 Å². The maximum absolute atomic E-state index is 6.28. The fraction of sp³-hybridized carbons (Fsp3) is 0.316. The van der Waals surface area contributed by atoms with Crippen LogP contribution < -0.4 is 4.90 Å². The summed E-state index contributed by atoms with van der Waals surface area (Å²) in [6.07, 6.45) is 9.67. The molecule has 0 unspecified atom stereocenters. The van der Waals surface area contributed by atoms with E-state index < -0.39 is 0 Å². The van der Waals surface area contributed by atoms with Crippen LogP contribution in [-0.4, -0.2) is 32.6 Å². The van der Waals surface area contributed by atoms with E-state index in [9.17, 15) is 0 Å². The van der Waals surface area contributed by atoms with Crippen LogP contribution in [0.5, 0.6) is 0 Å². The molecule has 3 aromatic rings. The van der Waals surface area contributed by atoms with Crippen LogP contribution in [0.25, 0.3) is 0 Å². The number of hydrogen-bond donors (Lipinski definition) is 0. The standard InChI is InChI=1S/C19H20ClN5/c20-17-5-3-9-22-19(17)24-11-6-15(7-12-24)18-23-10-13-25(18)14-16-4-1-2-8-21-16/h1-5,8-10,13,15H,6-7,11-12,14H2. The molecule has 0 saturated carbocycles. The van der Waals surface area contributed by atoms with Crippen molar-refractivity contribution in [3.05, 3.63) is 71.7 Å². The maximum Gasteiger partial charge on any atom is 0.147 e. The van der Waals surface area contributed by atoms with E-state index in [1.54, 1.807) is 6.20 Å². The number of nitrogens with zero attached hydrogens (tertiary/aromatic N) is 5. The highest BCUT2D eigenvalue weighted by atomic mass is 35.5. The monoisotopic (exact) mass is 353 g/mol. The van der Waals surface area contributed by atoms with Crippen LogP contribution in [0.15, 0.2) is 55.1 Å². The van der Waals surface area contributed by atoms with E-state index in [4.69, 9.17) is 11.6 Å². The molecule has 4 rings (SSSR count). The number of anilines is 1. The van der Waals surface area contributed by atoms with Crippen molar-refractivity contribution in [3.63, 3.8) is 0 Å². The number of rotatable bonds is 4. The van der Waals surface area contributed by atoms with Gasteiger partial charge in [0.25, 0.3) is 0 Å². The number of aromatic nitrogens is 4. The molecule has 0 bridgehead atoms. The third-order valence-electron chi connectivity index (χ3n) is 4.70. The number of piperidine rings is 1. The van der Waals surface area contributed by atoms with Crippen LogP contribution in [0.2, 0.25) is 5.02 Å². The number of halogens is 1. The Morgan fingerprint density at radius 2 is 1.80 bits per heavy atom. The van der Waals surface area contributed by atoms with Gasteiger partial charge in [-0.3, -0.25) is 4.98 Å². The average molecular weight is 354 g/mol. The first kappa shape index (κ1) is 16.1. The molecule has 1 aliphatic rings. The molecule has 1 saturated heterocycles. The largest absolute Gasteiger partial charge is 0.355 e. The van der Waals surface area contributed by atoms with Crippen LogP contribution in [-0.2, 0) is 6.54 Å². The van der Waals surface area contributed by atoms with E-state index in [1.165, 1.54) is 0 Å².